The van der Waals surface area contributed by atoms with Crippen molar-refractivity contribution in [3.05, 3.63) is 192 Å². The summed E-state index contributed by atoms with van der Waals surface area (Å²) in [5.74, 6) is -0.490. The van der Waals surface area contributed by atoms with E-state index in [1.165, 1.54) is 5.56 Å². The first-order valence-corrected chi connectivity index (χ1v) is 24.1. The van der Waals surface area contributed by atoms with E-state index in [4.69, 9.17) is 11.3 Å². The summed E-state index contributed by atoms with van der Waals surface area (Å²) in [6, 6.07) is 55.3. The van der Waals surface area contributed by atoms with Gasteiger partial charge in [0.15, 0.2) is 0 Å². The molecule has 342 valence electrons. The molecule has 9 aromatic rings. The first kappa shape index (κ1) is 43.5. The molecule has 0 aliphatic rings. The van der Waals surface area contributed by atoms with Gasteiger partial charge in [0.2, 0.25) is 0 Å². The van der Waals surface area contributed by atoms with Gasteiger partial charge in [-0.2, -0.15) is 0 Å². The summed E-state index contributed by atoms with van der Waals surface area (Å²) in [4.78, 5) is 10.6. The van der Waals surface area contributed by atoms with Crippen LogP contribution in [0.2, 0.25) is 0 Å². The van der Waals surface area contributed by atoms with Crippen molar-refractivity contribution in [2.75, 3.05) is 0 Å². The Morgan fingerprint density at radius 3 is 1.87 bits per heavy atom. The number of hydrogen-bond acceptors (Lipinski definition) is 3. The van der Waals surface area contributed by atoms with E-state index in [2.05, 4.69) is 186 Å². The van der Waals surface area contributed by atoms with Gasteiger partial charge < -0.3 is 5.11 Å². The standard InChI is InChI=1S/C64H65N3O/c1-39(2)43-24-26-45(27-25-43)46-30-31-65-59(37-46)50-33-48(44-18-13-12-14-19-44)32-49(34-50)52-21-17-23-60-61(52)66-63(57-36-47(40(3)4)35-56(42(7)8)62(57)68)67(60)51-28-29-53(55(38-51)41(5)6)54-20-15-16-22-58(54)64(9,10)11/h12-42,68H,1-11H3/i39D,41D. The topological polar surface area (TPSA) is 50.9 Å². The molecule has 0 saturated carbocycles. The maximum absolute atomic E-state index is 12.4. The zero-order chi connectivity index (χ0) is 49.9. The molecule has 9 rings (SSSR count). The summed E-state index contributed by atoms with van der Waals surface area (Å²) < 4.78 is 20.4. The number of hydrogen-bond donors (Lipinski definition) is 1. The Morgan fingerprint density at radius 2 is 1.18 bits per heavy atom. The van der Waals surface area contributed by atoms with E-state index in [-0.39, 0.29) is 23.0 Å². The Morgan fingerprint density at radius 1 is 0.500 bits per heavy atom. The number of imidazole rings is 1. The van der Waals surface area contributed by atoms with Gasteiger partial charge in [-0.15, -0.1) is 0 Å². The number of phenols is 1. The van der Waals surface area contributed by atoms with Crippen molar-refractivity contribution in [2.45, 2.75) is 105 Å². The number of aromatic hydroxyl groups is 1. The minimum atomic E-state index is -0.954. The number of benzene rings is 7. The Bertz CT molecular complexity index is 3380. The van der Waals surface area contributed by atoms with Crippen LogP contribution < -0.4 is 0 Å². The second kappa shape index (κ2) is 18.6. The van der Waals surface area contributed by atoms with Crippen LogP contribution in [0.25, 0.3) is 83.9 Å². The van der Waals surface area contributed by atoms with Gasteiger partial charge in [0.1, 0.15) is 11.6 Å². The fraction of sp³-hybridized carbons (Fsp3) is 0.250. The Balaban J connectivity index is 1.31. The zero-order valence-corrected chi connectivity index (χ0v) is 41.5. The molecule has 1 N–H and O–H groups in total. The third-order valence-corrected chi connectivity index (χ3v) is 13.4. The molecule has 2 aromatic heterocycles. The number of rotatable bonds is 11. The number of fused-ring (bicyclic) bond motifs is 1. The van der Waals surface area contributed by atoms with Crippen molar-refractivity contribution < 1.29 is 7.85 Å². The molecule has 68 heavy (non-hydrogen) atoms. The van der Waals surface area contributed by atoms with Crippen molar-refractivity contribution >= 4 is 11.0 Å². The van der Waals surface area contributed by atoms with E-state index in [0.29, 0.717) is 11.4 Å². The summed E-state index contributed by atoms with van der Waals surface area (Å²) >= 11 is 0. The van der Waals surface area contributed by atoms with Gasteiger partial charge in [-0.3, -0.25) is 9.55 Å². The van der Waals surface area contributed by atoms with Crippen molar-refractivity contribution in [1.82, 2.24) is 14.5 Å². The van der Waals surface area contributed by atoms with Gasteiger partial charge in [-0.25, -0.2) is 4.98 Å². The SMILES string of the molecule is [2H]C(C)(C)c1ccc(-c2ccnc(-c3cc(-c4ccccc4)cc(-c4cccc5c4nc(-c4cc(C(C)C)cc(C(C)C)c4O)n5-c4ccc(-c5ccccc5C(C)(C)C)c(C([2H])(C)C)c4)c3)c2)cc1. The quantitative estimate of drug-likeness (QED) is 0.141. The minimum Gasteiger partial charge on any atom is -0.507 e. The van der Waals surface area contributed by atoms with Gasteiger partial charge in [0.05, 0.1) is 22.3 Å². The highest BCUT2D eigenvalue weighted by Crippen LogP contribution is 2.45. The predicted octanol–water partition coefficient (Wildman–Crippen LogP) is 17.9. The summed E-state index contributed by atoms with van der Waals surface area (Å²) in [7, 11) is 0. The molecule has 4 heteroatoms. The van der Waals surface area contributed by atoms with Gasteiger partial charge in [-0.05, 0) is 150 Å². The van der Waals surface area contributed by atoms with Gasteiger partial charge in [0.25, 0.3) is 0 Å². The van der Waals surface area contributed by atoms with Crippen LogP contribution in [0.3, 0.4) is 0 Å². The lowest BCUT2D eigenvalue weighted by Gasteiger charge is -2.25. The summed E-state index contributed by atoms with van der Waals surface area (Å²) in [6.07, 6.45) is 1.87. The molecule has 0 saturated heterocycles. The average molecular weight is 894 g/mol. The highest BCUT2D eigenvalue weighted by Gasteiger charge is 2.26. The van der Waals surface area contributed by atoms with Crippen LogP contribution in [0.15, 0.2) is 164 Å². The molecule has 0 spiro atoms. The summed E-state index contributed by atoms with van der Waals surface area (Å²) in [6.45, 7) is 23.1. The second-order valence-electron chi connectivity index (χ2n) is 20.5. The number of aromatic nitrogens is 3. The van der Waals surface area contributed by atoms with E-state index in [0.717, 1.165) is 94.7 Å². The molecule has 0 unspecified atom stereocenters. The summed E-state index contributed by atoms with van der Waals surface area (Å²) in [5, 5.41) is 12.4. The zero-order valence-electron chi connectivity index (χ0n) is 43.5. The lowest BCUT2D eigenvalue weighted by atomic mass is 9.80. The molecule has 0 radical (unpaired) electrons. The van der Waals surface area contributed by atoms with Crippen LogP contribution in [0.4, 0.5) is 0 Å². The fourth-order valence-electron chi connectivity index (χ4n) is 9.58. The van der Waals surface area contributed by atoms with Crippen LogP contribution >= 0.6 is 0 Å². The number of pyridine rings is 1. The highest BCUT2D eigenvalue weighted by atomic mass is 16.3. The predicted molar refractivity (Wildman–Crippen MR) is 288 cm³/mol. The van der Waals surface area contributed by atoms with Crippen LogP contribution in [0.5, 0.6) is 5.75 Å². The molecule has 0 fully saturated rings. The van der Waals surface area contributed by atoms with Gasteiger partial charge >= 0.3 is 0 Å². The monoisotopic (exact) mass is 894 g/mol. The maximum atomic E-state index is 12.4. The fourth-order valence-corrected chi connectivity index (χ4v) is 9.58. The lowest BCUT2D eigenvalue weighted by molar-refractivity contribution is 0.466. The third-order valence-electron chi connectivity index (χ3n) is 13.4. The third kappa shape index (κ3) is 8.93. The normalized spacial score (nSPS) is 12.8. The van der Waals surface area contributed by atoms with Gasteiger partial charge in [-0.1, -0.05) is 179 Å². The lowest BCUT2D eigenvalue weighted by Crippen LogP contribution is -2.13. The Hall–Kier alpha value is -7.04. The molecule has 4 nitrogen and oxygen atoms in total. The molecule has 2 heterocycles. The molecule has 0 amide bonds. The van der Waals surface area contributed by atoms with E-state index in [1.807, 2.05) is 58.2 Å². The molecular weight excluding hydrogens is 827 g/mol. The molecular formula is C64H65N3O. The first-order chi connectivity index (χ1) is 33.2. The Labute approximate surface area is 407 Å². The molecule has 0 aliphatic heterocycles. The maximum Gasteiger partial charge on any atom is 0.149 e. The second-order valence-corrected chi connectivity index (χ2v) is 20.5. The smallest absolute Gasteiger partial charge is 0.149 e. The molecule has 0 bridgehead atoms. The number of phenolic OH excluding ortho intramolecular Hbond substituents is 1. The minimum absolute atomic E-state index is 0.0738. The van der Waals surface area contributed by atoms with E-state index < -0.39 is 11.8 Å². The number of para-hydroxylation sites is 1. The van der Waals surface area contributed by atoms with E-state index in [9.17, 15) is 6.48 Å². The average Bonchev–Trinajstić information content (AvgIpc) is 3.73. The van der Waals surface area contributed by atoms with E-state index in [1.54, 1.807) is 0 Å². The first-order valence-electron chi connectivity index (χ1n) is 25.1. The van der Waals surface area contributed by atoms with Crippen molar-refractivity contribution in [3.8, 4) is 78.6 Å². The van der Waals surface area contributed by atoms with Gasteiger partial charge in [0, 0.05) is 25.8 Å². The molecule has 0 aliphatic carbocycles. The van der Waals surface area contributed by atoms with Crippen molar-refractivity contribution in [1.29, 1.82) is 0 Å². The van der Waals surface area contributed by atoms with Crippen LogP contribution in [0, 0.1) is 0 Å². The Kier molecular flexibility index (Phi) is 11.9. The van der Waals surface area contributed by atoms with Crippen molar-refractivity contribution in [2.24, 2.45) is 0 Å². The highest BCUT2D eigenvalue weighted by molar-refractivity contribution is 5.98. The largest absolute Gasteiger partial charge is 0.507 e. The van der Waals surface area contributed by atoms with Crippen LogP contribution in [0.1, 0.15) is 130 Å². The van der Waals surface area contributed by atoms with E-state index >= 15 is 0 Å². The van der Waals surface area contributed by atoms with Crippen LogP contribution in [-0.2, 0) is 5.41 Å². The number of nitrogens with zero attached hydrogens (tertiary/aromatic N) is 3. The molecule has 0 atom stereocenters. The van der Waals surface area contributed by atoms with Crippen molar-refractivity contribution in [3.63, 3.8) is 0 Å². The molecule has 7 aromatic carbocycles. The van der Waals surface area contributed by atoms with Crippen LogP contribution in [-0.4, -0.2) is 19.6 Å². The summed E-state index contributed by atoms with van der Waals surface area (Å²) in [5.41, 5.74) is 18.4.